The van der Waals surface area contributed by atoms with Crippen molar-refractivity contribution in [3.63, 3.8) is 0 Å². The van der Waals surface area contributed by atoms with Gasteiger partial charge in [-0.05, 0) is 46.4 Å². The van der Waals surface area contributed by atoms with Gasteiger partial charge in [0.2, 0.25) is 0 Å². The fourth-order valence-electron chi connectivity index (χ4n) is 3.07. The summed E-state index contributed by atoms with van der Waals surface area (Å²) in [5.74, 6) is 1.00. The minimum atomic E-state index is -3.18. The molecule has 0 aromatic heterocycles. The van der Waals surface area contributed by atoms with Crippen LogP contribution in [0, 0.1) is 0 Å². The lowest BCUT2D eigenvalue weighted by Gasteiger charge is -2.24. The number of sulfone groups is 1. The Morgan fingerprint density at radius 1 is 1.08 bits per heavy atom. The third-order valence-corrected chi connectivity index (χ3v) is 6.71. The zero-order chi connectivity index (χ0) is 17.4. The molecule has 0 saturated heterocycles. The molecule has 0 aliphatic carbocycles. The quantitative estimate of drug-likeness (QED) is 0.804. The maximum atomic E-state index is 12.3. The molecule has 0 saturated carbocycles. The molecule has 3 nitrogen and oxygen atoms in total. The van der Waals surface area contributed by atoms with Gasteiger partial charge in [0.05, 0.1) is 16.3 Å². The number of hydrogen-bond acceptors (Lipinski definition) is 4. The first-order valence-corrected chi connectivity index (χ1v) is 10.4. The summed E-state index contributed by atoms with van der Waals surface area (Å²) >= 11 is 4.34. The second kappa shape index (κ2) is 6.45. The van der Waals surface area contributed by atoms with E-state index >= 15 is 0 Å². The van der Waals surface area contributed by atoms with Crippen molar-refractivity contribution in [3.8, 4) is 11.1 Å². The van der Waals surface area contributed by atoms with Crippen LogP contribution in [-0.2, 0) is 15.3 Å². The Labute approximate surface area is 149 Å². The van der Waals surface area contributed by atoms with E-state index < -0.39 is 9.84 Å². The van der Waals surface area contributed by atoms with Crippen LogP contribution in [0.4, 0.5) is 5.69 Å². The molecule has 1 heterocycles. The smallest absolute Gasteiger partial charge is 0.182 e. The fraction of sp³-hybridized carbons (Fsp3) is 0.368. The van der Waals surface area contributed by atoms with Crippen molar-refractivity contribution in [2.24, 2.45) is 0 Å². The Balaban J connectivity index is 1.96. The number of fused-ring (bicyclic) bond motifs is 1. The van der Waals surface area contributed by atoms with Crippen molar-refractivity contribution < 1.29 is 8.42 Å². The van der Waals surface area contributed by atoms with Crippen molar-refractivity contribution in [3.05, 3.63) is 48.0 Å². The zero-order valence-electron chi connectivity index (χ0n) is 14.0. The summed E-state index contributed by atoms with van der Waals surface area (Å²) in [6, 6.07) is 14.0. The molecule has 128 valence electrons. The highest BCUT2D eigenvalue weighted by atomic mass is 32.2. The topological polar surface area (TPSA) is 46.2 Å². The van der Waals surface area contributed by atoms with E-state index in [4.69, 9.17) is 0 Å². The minimum absolute atomic E-state index is 0.0867. The number of thiol groups is 1. The number of rotatable bonds is 4. The first-order valence-electron chi connectivity index (χ1n) is 8.16. The Morgan fingerprint density at radius 2 is 1.75 bits per heavy atom. The van der Waals surface area contributed by atoms with E-state index in [1.807, 2.05) is 12.1 Å². The Hall–Kier alpha value is -1.46. The molecule has 0 atom stereocenters. The number of anilines is 1. The molecule has 3 rings (SSSR count). The summed E-state index contributed by atoms with van der Waals surface area (Å²) in [4.78, 5) is 0.408. The van der Waals surface area contributed by atoms with Crippen LogP contribution in [0.3, 0.4) is 0 Å². The number of hydrogen-bond donors (Lipinski definition) is 2. The average molecular weight is 362 g/mol. The molecule has 0 bridgehead atoms. The molecule has 2 aromatic carbocycles. The molecule has 24 heavy (non-hydrogen) atoms. The van der Waals surface area contributed by atoms with Crippen LogP contribution in [0.25, 0.3) is 11.1 Å². The molecule has 0 unspecified atom stereocenters. The van der Waals surface area contributed by atoms with Crippen LogP contribution in [0.5, 0.6) is 0 Å². The highest BCUT2D eigenvalue weighted by Crippen LogP contribution is 2.33. The summed E-state index contributed by atoms with van der Waals surface area (Å²) < 4.78 is 24.5. The normalized spacial score (nSPS) is 16.3. The number of benzene rings is 2. The van der Waals surface area contributed by atoms with Crippen LogP contribution in [0.2, 0.25) is 0 Å². The SMILES string of the molecule is CC(C)(CCS)c1ccc(-c2ccc3c(c2)S(=O)(=O)CCN3)cc1. The summed E-state index contributed by atoms with van der Waals surface area (Å²) in [5, 5.41) is 3.15. The van der Waals surface area contributed by atoms with Crippen LogP contribution >= 0.6 is 12.6 Å². The van der Waals surface area contributed by atoms with Gasteiger partial charge in [0, 0.05) is 6.54 Å². The third kappa shape index (κ3) is 3.33. The van der Waals surface area contributed by atoms with E-state index in [2.05, 4.69) is 56.1 Å². The van der Waals surface area contributed by atoms with Crippen molar-refractivity contribution in [1.82, 2.24) is 0 Å². The molecular formula is C19H23NO2S2. The fourth-order valence-corrected chi connectivity index (χ4v) is 5.00. The zero-order valence-corrected chi connectivity index (χ0v) is 15.8. The van der Waals surface area contributed by atoms with Crippen molar-refractivity contribution in [2.75, 3.05) is 23.4 Å². The number of nitrogens with one attached hydrogen (secondary N) is 1. The minimum Gasteiger partial charge on any atom is -0.383 e. The predicted octanol–water partition coefficient (Wildman–Crippen LogP) is 4.15. The lowest BCUT2D eigenvalue weighted by molar-refractivity contribution is 0.511. The largest absolute Gasteiger partial charge is 0.383 e. The molecule has 1 aliphatic rings. The van der Waals surface area contributed by atoms with Gasteiger partial charge in [0.1, 0.15) is 0 Å². The molecule has 0 radical (unpaired) electrons. The molecule has 1 N–H and O–H groups in total. The predicted molar refractivity (Wildman–Crippen MR) is 104 cm³/mol. The van der Waals surface area contributed by atoms with Gasteiger partial charge in [0.15, 0.2) is 9.84 Å². The standard InChI is InChI=1S/C19H23NO2S2/c1-19(2,9-11-23)16-6-3-14(4-7-16)15-5-8-17-18(13-15)24(21,22)12-10-20-17/h3-8,13,20,23H,9-12H2,1-2H3. The second-order valence-corrected chi connectivity index (χ2v) is 9.42. The van der Waals surface area contributed by atoms with Crippen molar-refractivity contribution in [1.29, 1.82) is 0 Å². The summed E-state index contributed by atoms with van der Waals surface area (Å²) in [6.45, 7) is 4.91. The Morgan fingerprint density at radius 3 is 2.42 bits per heavy atom. The van der Waals surface area contributed by atoms with Crippen molar-refractivity contribution >= 4 is 28.2 Å². The Bertz CT molecular complexity index is 840. The molecule has 2 aromatic rings. The van der Waals surface area contributed by atoms with Crippen molar-refractivity contribution in [2.45, 2.75) is 30.6 Å². The van der Waals surface area contributed by atoms with Gasteiger partial charge in [-0.2, -0.15) is 12.6 Å². The molecule has 0 fully saturated rings. The monoisotopic (exact) mass is 361 g/mol. The van der Waals surface area contributed by atoms with Gasteiger partial charge >= 0.3 is 0 Å². The maximum Gasteiger partial charge on any atom is 0.182 e. The van der Waals surface area contributed by atoms with Gasteiger partial charge < -0.3 is 5.32 Å². The molecule has 0 amide bonds. The lowest BCUT2D eigenvalue weighted by atomic mass is 9.81. The van der Waals surface area contributed by atoms with Gasteiger partial charge in [-0.15, -0.1) is 0 Å². The van der Waals surface area contributed by atoms with Gasteiger partial charge in [-0.1, -0.05) is 44.2 Å². The first kappa shape index (κ1) is 17.4. The van der Waals surface area contributed by atoms with Crippen LogP contribution < -0.4 is 5.32 Å². The van der Waals surface area contributed by atoms with E-state index in [9.17, 15) is 8.42 Å². The molecule has 1 aliphatic heterocycles. The van der Waals surface area contributed by atoms with Gasteiger partial charge in [0.25, 0.3) is 0 Å². The maximum absolute atomic E-state index is 12.3. The highest BCUT2D eigenvalue weighted by Gasteiger charge is 2.24. The summed E-state index contributed by atoms with van der Waals surface area (Å²) in [7, 11) is -3.18. The Kier molecular flexibility index (Phi) is 4.67. The second-order valence-electron chi connectivity index (χ2n) is 6.89. The molecular weight excluding hydrogens is 338 g/mol. The van der Waals surface area contributed by atoms with Crippen LogP contribution in [-0.4, -0.2) is 26.5 Å². The molecule has 5 heteroatoms. The lowest BCUT2D eigenvalue weighted by Crippen LogP contribution is -2.23. The average Bonchev–Trinajstić information content (AvgIpc) is 2.54. The van der Waals surface area contributed by atoms with E-state index in [-0.39, 0.29) is 11.2 Å². The summed E-state index contributed by atoms with van der Waals surface area (Å²) in [6.07, 6.45) is 1.01. The van der Waals surface area contributed by atoms with E-state index in [1.54, 1.807) is 6.07 Å². The van der Waals surface area contributed by atoms with Gasteiger partial charge in [-0.3, -0.25) is 0 Å². The third-order valence-electron chi connectivity index (χ3n) is 4.74. The van der Waals surface area contributed by atoms with Gasteiger partial charge in [-0.25, -0.2) is 8.42 Å². The summed E-state index contributed by atoms with van der Waals surface area (Å²) in [5.41, 5.74) is 4.02. The first-order chi connectivity index (χ1) is 11.3. The molecule has 0 spiro atoms. The van der Waals surface area contributed by atoms with E-state index in [0.717, 1.165) is 23.3 Å². The van der Waals surface area contributed by atoms with Crippen LogP contribution in [0.15, 0.2) is 47.4 Å². The van der Waals surface area contributed by atoms with Crippen LogP contribution in [0.1, 0.15) is 25.8 Å². The van der Waals surface area contributed by atoms with E-state index in [0.29, 0.717) is 17.1 Å². The highest BCUT2D eigenvalue weighted by molar-refractivity contribution is 7.91. The van der Waals surface area contributed by atoms with E-state index in [1.165, 1.54) is 5.56 Å².